The summed E-state index contributed by atoms with van der Waals surface area (Å²) in [5.41, 5.74) is 2.33. The molecule has 152 valence electrons. The Bertz CT molecular complexity index is 784. The smallest absolute Gasteiger partial charge is 0.221 e. The summed E-state index contributed by atoms with van der Waals surface area (Å²) in [6.45, 7) is 2.81. The van der Waals surface area contributed by atoms with E-state index in [1.54, 1.807) is 18.7 Å². The van der Waals surface area contributed by atoms with Crippen LogP contribution in [0.3, 0.4) is 0 Å². The molecular formula is C22H29ClN2O2S. The van der Waals surface area contributed by atoms with E-state index < -0.39 is 0 Å². The lowest BCUT2D eigenvalue weighted by atomic mass is 9.92. The van der Waals surface area contributed by atoms with Gasteiger partial charge in [0.1, 0.15) is 0 Å². The topological polar surface area (TPSA) is 63.8 Å². The largest absolute Gasteiger partial charge is 0.412 e. The first-order chi connectivity index (χ1) is 12.7. The second-order valence-electron chi connectivity index (χ2n) is 7.33. The summed E-state index contributed by atoms with van der Waals surface area (Å²) in [4.78, 5) is 16.4. The first kappa shape index (κ1) is 22.8. The Morgan fingerprint density at radius 2 is 1.75 bits per heavy atom. The Balaban J connectivity index is 0.00000140. The number of amides is 1. The number of hydrogen-bond donors (Lipinski definition) is 1. The van der Waals surface area contributed by atoms with E-state index >= 15 is 0 Å². The van der Waals surface area contributed by atoms with Crippen molar-refractivity contribution in [2.75, 3.05) is 11.9 Å². The maximum absolute atomic E-state index is 11.4. The van der Waals surface area contributed by atoms with Crippen LogP contribution < -0.4 is 5.32 Å². The summed E-state index contributed by atoms with van der Waals surface area (Å²) < 4.78 is 0. The van der Waals surface area contributed by atoms with E-state index in [0.29, 0.717) is 6.04 Å². The molecule has 0 unspecified atom stereocenters. The van der Waals surface area contributed by atoms with E-state index in [0.717, 1.165) is 16.6 Å². The Kier molecular flexibility index (Phi) is 8.38. The van der Waals surface area contributed by atoms with Gasteiger partial charge in [0.2, 0.25) is 5.91 Å². The highest BCUT2D eigenvalue weighted by molar-refractivity contribution is 7.99. The fraction of sp³-hybridized carbons (Fsp3) is 0.409. The molecule has 2 aromatic rings. The minimum atomic E-state index is -0.0362. The number of rotatable bonds is 4. The van der Waals surface area contributed by atoms with Gasteiger partial charge >= 0.3 is 0 Å². The number of anilines is 1. The number of piperidine rings is 1. The molecule has 0 spiro atoms. The lowest BCUT2D eigenvalue weighted by Gasteiger charge is -2.38. The third-order valence-electron chi connectivity index (χ3n) is 5.53. The van der Waals surface area contributed by atoms with Gasteiger partial charge in [-0.1, -0.05) is 36.0 Å². The van der Waals surface area contributed by atoms with Crippen molar-refractivity contribution in [3.8, 4) is 0 Å². The molecule has 2 fully saturated rings. The van der Waals surface area contributed by atoms with Crippen molar-refractivity contribution in [3.05, 3.63) is 54.1 Å². The number of carbonyl (C=O) groups is 1. The number of fused-ring (bicyclic) bond motifs is 1. The first-order valence-electron chi connectivity index (χ1n) is 9.61. The van der Waals surface area contributed by atoms with Crippen molar-refractivity contribution < 1.29 is 10.3 Å². The van der Waals surface area contributed by atoms with Gasteiger partial charge in [-0.05, 0) is 68.5 Å². The van der Waals surface area contributed by atoms with Crippen LogP contribution in [0.4, 0.5) is 5.69 Å². The molecule has 0 saturated carbocycles. The normalized spacial score (nSPS) is 21.2. The molecule has 0 radical (unpaired) electrons. The molecule has 2 aromatic carbocycles. The van der Waals surface area contributed by atoms with Gasteiger partial charge in [0.15, 0.2) is 0 Å². The van der Waals surface area contributed by atoms with Crippen molar-refractivity contribution in [1.29, 1.82) is 0 Å². The average molecular weight is 421 g/mol. The van der Waals surface area contributed by atoms with Crippen LogP contribution in [0, 0.1) is 0 Å². The number of hydrogen-bond acceptors (Lipinski definition) is 3. The molecular weight excluding hydrogens is 392 g/mol. The minimum Gasteiger partial charge on any atom is -0.412 e. The van der Waals surface area contributed by atoms with Crippen LogP contribution in [0.1, 0.15) is 50.6 Å². The van der Waals surface area contributed by atoms with E-state index in [9.17, 15) is 4.79 Å². The zero-order valence-electron chi connectivity index (χ0n) is 16.2. The van der Waals surface area contributed by atoms with Crippen LogP contribution in [0.25, 0.3) is 0 Å². The molecule has 3 N–H and O–H groups in total. The van der Waals surface area contributed by atoms with Gasteiger partial charge in [-0.3, -0.25) is 9.69 Å². The average Bonchev–Trinajstić information content (AvgIpc) is 3.12. The number of benzene rings is 2. The monoisotopic (exact) mass is 420 g/mol. The number of halogens is 1. The summed E-state index contributed by atoms with van der Waals surface area (Å²) in [7, 11) is 0. The van der Waals surface area contributed by atoms with Crippen molar-refractivity contribution in [3.63, 3.8) is 0 Å². The van der Waals surface area contributed by atoms with Gasteiger partial charge in [-0.2, -0.15) is 0 Å². The highest BCUT2D eigenvalue weighted by atomic mass is 35.5. The molecule has 0 aliphatic carbocycles. The quantitative estimate of drug-likeness (QED) is 0.749. The molecule has 0 aromatic heterocycles. The SMILES string of the molecule is CC(=O)Nc1ccccc1Sc1ccc([C@H]2CCC[C@@H]3CCCN32)cc1.Cl.O. The number of carbonyl (C=O) groups excluding carboxylic acids is 1. The third-order valence-corrected chi connectivity index (χ3v) is 6.61. The zero-order chi connectivity index (χ0) is 17.9. The van der Waals surface area contributed by atoms with Crippen LogP contribution >= 0.6 is 24.2 Å². The van der Waals surface area contributed by atoms with Crippen LogP contribution in [0.2, 0.25) is 0 Å². The highest BCUT2D eigenvalue weighted by Gasteiger charge is 2.34. The maximum atomic E-state index is 11.4. The Morgan fingerprint density at radius 1 is 1.04 bits per heavy atom. The van der Waals surface area contributed by atoms with Gasteiger partial charge < -0.3 is 10.8 Å². The van der Waals surface area contributed by atoms with Crippen molar-refractivity contribution in [2.45, 2.75) is 60.9 Å². The van der Waals surface area contributed by atoms with Crippen molar-refractivity contribution in [1.82, 2.24) is 4.90 Å². The molecule has 2 aliphatic heterocycles. The van der Waals surface area contributed by atoms with Crippen LogP contribution in [0.5, 0.6) is 0 Å². The summed E-state index contributed by atoms with van der Waals surface area (Å²) in [5.74, 6) is -0.0362. The molecule has 0 bridgehead atoms. The molecule has 2 heterocycles. The molecule has 2 atom stereocenters. The van der Waals surface area contributed by atoms with E-state index in [-0.39, 0.29) is 23.8 Å². The second-order valence-corrected chi connectivity index (χ2v) is 8.44. The Hall–Kier alpha value is -1.53. The molecule has 2 saturated heterocycles. The zero-order valence-corrected chi connectivity index (χ0v) is 17.8. The van der Waals surface area contributed by atoms with E-state index in [1.807, 2.05) is 18.2 Å². The predicted octanol–water partition coefficient (Wildman–Crippen LogP) is 5.08. The second kappa shape index (κ2) is 10.3. The van der Waals surface area contributed by atoms with E-state index in [1.165, 1.54) is 49.1 Å². The molecule has 1 amide bonds. The van der Waals surface area contributed by atoms with Crippen LogP contribution in [-0.4, -0.2) is 28.9 Å². The van der Waals surface area contributed by atoms with Gasteiger partial charge in [0.25, 0.3) is 0 Å². The Morgan fingerprint density at radius 3 is 2.50 bits per heavy atom. The highest BCUT2D eigenvalue weighted by Crippen LogP contribution is 2.40. The van der Waals surface area contributed by atoms with Crippen molar-refractivity contribution in [2.24, 2.45) is 0 Å². The maximum Gasteiger partial charge on any atom is 0.221 e. The molecule has 4 nitrogen and oxygen atoms in total. The third kappa shape index (κ3) is 5.09. The standard InChI is InChI=1S/C22H26N2OS.ClH.H2O/c1-16(25)23-20-8-2-3-10-22(20)26-19-13-11-17(12-14-19)21-9-4-6-18-7-5-15-24(18)21;;/h2-3,8,10-14,18,21H,4-7,9,15H2,1H3,(H,23,25);1H;1H2/t18-,21-;;/m1../s1. The van der Waals surface area contributed by atoms with E-state index in [2.05, 4.69) is 40.5 Å². The van der Waals surface area contributed by atoms with Gasteiger partial charge in [0, 0.05) is 28.8 Å². The summed E-state index contributed by atoms with van der Waals surface area (Å²) in [6, 6.07) is 18.4. The molecule has 28 heavy (non-hydrogen) atoms. The van der Waals surface area contributed by atoms with Crippen LogP contribution in [0.15, 0.2) is 58.3 Å². The molecule has 4 rings (SSSR count). The van der Waals surface area contributed by atoms with Crippen LogP contribution in [-0.2, 0) is 4.79 Å². The van der Waals surface area contributed by atoms with Crippen molar-refractivity contribution >= 4 is 35.8 Å². The lowest BCUT2D eigenvalue weighted by Crippen LogP contribution is -2.37. The number of nitrogens with zero attached hydrogens (tertiary/aromatic N) is 1. The molecule has 6 heteroatoms. The summed E-state index contributed by atoms with van der Waals surface area (Å²) >= 11 is 1.70. The number of para-hydroxylation sites is 1. The Labute approximate surface area is 177 Å². The summed E-state index contributed by atoms with van der Waals surface area (Å²) in [6.07, 6.45) is 6.75. The van der Waals surface area contributed by atoms with Gasteiger partial charge in [-0.25, -0.2) is 0 Å². The van der Waals surface area contributed by atoms with E-state index in [4.69, 9.17) is 0 Å². The summed E-state index contributed by atoms with van der Waals surface area (Å²) in [5, 5.41) is 2.92. The predicted molar refractivity (Wildman–Crippen MR) is 118 cm³/mol. The minimum absolute atomic E-state index is 0. The fourth-order valence-electron chi connectivity index (χ4n) is 4.38. The van der Waals surface area contributed by atoms with Gasteiger partial charge in [-0.15, -0.1) is 12.4 Å². The first-order valence-corrected chi connectivity index (χ1v) is 10.4. The lowest BCUT2D eigenvalue weighted by molar-refractivity contribution is -0.114. The molecule has 2 aliphatic rings. The van der Waals surface area contributed by atoms with Gasteiger partial charge in [0.05, 0.1) is 5.69 Å². The fourth-order valence-corrected chi connectivity index (χ4v) is 5.28. The number of nitrogens with one attached hydrogen (secondary N) is 1.